The summed E-state index contributed by atoms with van der Waals surface area (Å²) in [6.45, 7) is 0. The van der Waals surface area contributed by atoms with E-state index in [9.17, 15) is 0 Å². The fraction of sp³-hybridized carbons (Fsp3) is 0.444. The summed E-state index contributed by atoms with van der Waals surface area (Å²) < 4.78 is 0. The summed E-state index contributed by atoms with van der Waals surface area (Å²) in [6, 6.07) is 6.16. The van der Waals surface area contributed by atoms with Crippen LogP contribution in [-0.4, -0.2) is 12.0 Å². The van der Waals surface area contributed by atoms with Crippen LogP contribution in [-0.2, 0) is 0 Å². The fourth-order valence-electron chi connectivity index (χ4n) is 1.20. The molecule has 12 heavy (non-hydrogen) atoms. The average Bonchev–Trinajstić information content (AvgIpc) is 2.87. The van der Waals surface area contributed by atoms with E-state index in [0.717, 1.165) is 11.7 Å². The highest BCUT2D eigenvalue weighted by atomic mass is 35.5. The van der Waals surface area contributed by atoms with Gasteiger partial charge in [-0.1, -0.05) is 6.07 Å². The van der Waals surface area contributed by atoms with E-state index in [1.165, 1.54) is 18.5 Å². The molecule has 2 nitrogen and oxygen atoms in total. The Hall–Kier alpha value is -0.760. The molecule has 1 N–H and O–H groups in total. The Morgan fingerprint density at radius 3 is 2.75 bits per heavy atom. The van der Waals surface area contributed by atoms with Gasteiger partial charge in [0.2, 0.25) is 0 Å². The molecule has 66 valence electrons. The minimum absolute atomic E-state index is 0. The summed E-state index contributed by atoms with van der Waals surface area (Å²) >= 11 is 0. The lowest BCUT2D eigenvalue weighted by atomic mass is 10.2. The van der Waals surface area contributed by atoms with Crippen molar-refractivity contribution in [1.29, 1.82) is 0 Å². The van der Waals surface area contributed by atoms with E-state index in [0.29, 0.717) is 0 Å². The van der Waals surface area contributed by atoms with Gasteiger partial charge < -0.3 is 5.32 Å². The SMILES string of the molecule is CNc1cccc(C2CC2)n1.Cl. The van der Waals surface area contributed by atoms with Crippen molar-refractivity contribution in [2.75, 3.05) is 12.4 Å². The highest BCUT2D eigenvalue weighted by Gasteiger charge is 2.24. The molecule has 1 aliphatic carbocycles. The van der Waals surface area contributed by atoms with Crippen molar-refractivity contribution in [3.05, 3.63) is 23.9 Å². The van der Waals surface area contributed by atoms with E-state index >= 15 is 0 Å². The van der Waals surface area contributed by atoms with Crippen molar-refractivity contribution < 1.29 is 0 Å². The van der Waals surface area contributed by atoms with Crippen LogP contribution in [0.2, 0.25) is 0 Å². The van der Waals surface area contributed by atoms with E-state index in [-0.39, 0.29) is 12.4 Å². The molecule has 2 rings (SSSR count). The Morgan fingerprint density at radius 1 is 1.42 bits per heavy atom. The molecule has 0 spiro atoms. The van der Waals surface area contributed by atoms with Crippen molar-refractivity contribution in [3.8, 4) is 0 Å². The maximum Gasteiger partial charge on any atom is 0.125 e. The highest BCUT2D eigenvalue weighted by Crippen LogP contribution is 2.39. The van der Waals surface area contributed by atoms with Crippen LogP contribution >= 0.6 is 12.4 Å². The first-order chi connectivity index (χ1) is 5.40. The van der Waals surface area contributed by atoms with Gasteiger partial charge in [0.05, 0.1) is 0 Å². The van der Waals surface area contributed by atoms with Gasteiger partial charge in [0.25, 0.3) is 0 Å². The van der Waals surface area contributed by atoms with Crippen LogP contribution in [0.3, 0.4) is 0 Å². The van der Waals surface area contributed by atoms with Gasteiger partial charge in [-0.3, -0.25) is 0 Å². The maximum absolute atomic E-state index is 4.44. The zero-order valence-corrected chi connectivity index (χ0v) is 7.90. The van der Waals surface area contributed by atoms with Crippen molar-refractivity contribution in [3.63, 3.8) is 0 Å². The van der Waals surface area contributed by atoms with Crippen LogP contribution in [0.1, 0.15) is 24.5 Å². The molecule has 0 amide bonds. The highest BCUT2D eigenvalue weighted by molar-refractivity contribution is 5.85. The van der Waals surface area contributed by atoms with Gasteiger partial charge in [0, 0.05) is 18.7 Å². The minimum Gasteiger partial charge on any atom is -0.373 e. The molecule has 0 atom stereocenters. The number of nitrogens with zero attached hydrogens (tertiary/aromatic N) is 1. The van der Waals surface area contributed by atoms with E-state index in [1.54, 1.807) is 0 Å². The van der Waals surface area contributed by atoms with Gasteiger partial charge in [-0.2, -0.15) is 0 Å². The van der Waals surface area contributed by atoms with Gasteiger partial charge in [0.15, 0.2) is 0 Å². The van der Waals surface area contributed by atoms with Crippen LogP contribution in [0.25, 0.3) is 0 Å². The lowest BCUT2D eigenvalue weighted by Gasteiger charge is -2.00. The van der Waals surface area contributed by atoms with Crippen LogP contribution < -0.4 is 5.32 Å². The number of aromatic nitrogens is 1. The van der Waals surface area contributed by atoms with Gasteiger partial charge in [0.1, 0.15) is 5.82 Å². The average molecular weight is 185 g/mol. The first kappa shape index (κ1) is 9.33. The largest absolute Gasteiger partial charge is 0.373 e. The third-order valence-corrected chi connectivity index (χ3v) is 2.02. The normalized spacial score (nSPS) is 15.1. The molecule has 0 saturated heterocycles. The molecule has 0 radical (unpaired) electrons. The molecule has 1 heterocycles. The second-order valence-corrected chi connectivity index (χ2v) is 2.97. The van der Waals surface area contributed by atoms with E-state index in [4.69, 9.17) is 0 Å². The topological polar surface area (TPSA) is 24.9 Å². The standard InChI is InChI=1S/C9H12N2.ClH/c1-10-9-4-2-3-8(11-9)7-5-6-7;/h2-4,7H,5-6H2,1H3,(H,10,11);1H. The zero-order valence-electron chi connectivity index (χ0n) is 7.08. The van der Waals surface area contributed by atoms with E-state index < -0.39 is 0 Å². The Labute approximate surface area is 78.8 Å². The van der Waals surface area contributed by atoms with Crippen LogP contribution in [0.5, 0.6) is 0 Å². The van der Waals surface area contributed by atoms with E-state index in [1.807, 2.05) is 13.1 Å². The van der Waals surface area contributed by atoms with Crippen LogP contribution in [0, 0.1) is 0 Å². The number of nitrogens with one attached hydrogen (secondary N) is 1. The summed E-state index contributed by atoms with van der Waals surface area (Å²) in [5.74, 6) is 1.73. The van der Waals surface area contributed by atoms with Gasteiger partial charge in [-0.25, -0.2) is 4.98 Å². The first-order valence-corrected chi connectivity index (χ1v) is 4.05. The predicted molar refractivity (Wildman–Crippen MR) is 53.0 cm³/mol. The maximum atomic E-state index is 4.44. The Bertz CT molecular complexity index is 258. The van der Waals surface area contributed by atoms with Crippen molar-refractivity contribution in [2.24, 2.45) is 0 Å². The van der Waals surface area contributed by atoms with Crippen LogP contribution in [0.4, 0.5) is 5.82 Å². The molecule has 0 unspecified atom stereocenters. The molecule has 0 aromatic carbocycles. The molecular formula is C9H13ClN2. The van der Waals surface area contributed by atoms with Crippen LogP contribution in [0.15, 0.2) is 18.2 Å². The smallest absolute Gasteiger partial charge is 0.125 e. The molecule has 1 aliphatic rings. The number of pyridine rings is 1. The summed E-state index contributed by atoms with van der Waals surface area (Å²) in [5, 5.41) is 3.04. The Kier molecular flexibility index (Phi) is 2.93. The fourth-order valence-corrected chi connectivity index (χ4v) is 1.20. The molecule has 1 fully saturated rings. The van der Waals surface area contributed by atoms with Gasteiger partial charge in [-0.05, 0) is 25.0 Å². The molecular weight excluding hydrogens is 172 g/mol. The molecule has 1 aromatic heterocycles. The van der Waals surface area contributed by atoms with E-state index in [2.05, 4.69) is 22.4 Å². The van der Waals surface area contributed by atoms with Crippen molar-refractivity contribution >= 4 is 18.2 Å². The van der Waals surface area contributed by atoms with Gasteiger partial charge >= 0.3 is 0 Å². The molecule has 0 bridgehead atoms. The zero-order chi connectivity index (χ0) is 7.68. The second-order valence-electron chi connectivity index (χ2n) is 2.97. The Morgan fingerprint density at radius 2 is 2.17 bits per heavy atom. The monoisotopic (exact) mass is 184 g/mol. The second kappa shape index (κ2) is 3.76. The first-order valence-electron chi connectivity index (χ1n) is 4.05. The summed E-state index contributed by atoms with van der Waals surface area (Å²) in [6.07, 6.45) is 2.64. The number of anilines is 1. The minimum atomic E-state index is 0. The van der Waals surface area contributed by atoms with Crippen molar-refractivity contribution in [2.45, 2.75) is 18.8 Å². The number of rotatable bonds is 2. The number of hydrogen-bond acceptors (Lipinski definition) is 2. The van der Waals surface area contributed by atoms with Crippen molar-refractivity contribution in [1.82, 2.24) is 4.98 Å². The summed E-state index contributed by atoms with van der Waals surface area (Å²) in [4.78, 5) is 4.44. The molecule has 0 aliphatic heterocycles. The lowest BCUT2D eigenvalue weighted by molar-refractivity contribution is 1.02. The molecule has 1 aromatic rings. The third-order valence-electron chi connectivity index (χ3n) is 2.02. The quantitative estimate of drug-likeness (QED) is 0.764. The third kappa shape index (κ3) is 1.89. The molecule has 3 heteroatoms. The van der Waals surface area contributed by atoms with Gasteiger partial charge in [-0.15, -0.1) is 12.4 Å². The molecule has 1 saturated carbocycles. The lowest BCUT2D eigenvalue weighted by Crippen LogP contribution is -1.94. The summed E-state index contributed by atoms with van der Waals surface area (Å²) in [5.41, 5.74) is 1.25. The summed E-state index contributed by atoms with van der Waals surface area (Å²) in [7, 11) is 1.90. The number of hydrogen-bond donors (Lipinski definition) is 1. The Balaban J connectivity index is 0.000000720. The number of halogens is 1. The predicted octanol–water partition coefficient (Wildman–Crippen LogP) is 2.42.